The summed E-state index contributed by atoms with van der Waals surface area (Å²) >= 11 is 0. The fourth-order valence-electron chi connectivity index (χ4n) is 3.11. The Balaban J connectivity index is 1.68. The summed E-state index contributed by atoms with van der Waals surface area (Å²) in [6.07, 6.45) is 6.15. The Morgan fingerprint density at radius 3 is 3.06 bits per heavy atom. The first-order valence-electron chi connectivity index (χ1n) is 6.96. The van der Waals surface area contributed by atoms with E-state index < -0.39 is 0 Å². The third-order valence-corrected chi connectivity index (χ3v) is 4.02. The number of amides is 1. The molecule has 0 aromatic heterocycles. The summed E-state index contributed by atoms with van der Waals surface area (Å²) in [5.41, 5.74) is 5.67. The lowest BCUT2D eigenvalue weighted by atomic mass is 10.1. The van der Waals surface area contributed by atoms with E-state index in [-0.39, 0.29) is 11.9 Å². The third kappa shape index (κ3) is 3.42. The first-order chi connectivity index (χ1) is 8.16. The van der Waals surface area contributed by atoms with Crippen LogP contribution in [-0.2, 0) is 4.79 Å². The van der Waals surface area contributed by atoms with E-state index in [0.29, 0.717) is 18.5 Å². The molecule has 2 rings (SSSR count). The van der Waals surface area contributed by atoms with Crippen LogP contribution in [0.4, 0.5) is 0 Å². The highest BCUT2D eigenvalue weighted by molar-refractivity contribution is 5.76. The lowest BCUT2D eigenvalue weighted by Crippen LogP contribution is -2.42. The quantitative estimate of drug-likeness (QED) is 0.748. The van der Waals surface area contributed by atoms with E-state index in [0.717, 1.165) is 25.8 Å². The molecule has 0 radical (unpaired) electrons. The Morgan fingerprint density at radius 1 is 1.47 bits per heavy atom. The van der Waals surface area contributed by atoms with Gasteiger partial charge in [0, 0.05) is 31.1 Å². The zero-order chi connectivity index (χ0) is 12.3. The number of hydrogen-bond acceptors (Lipinski definition) is 3. The van der Waals surface area contributed by atoms with Gasteiger partial charge in [-0.2, -0.15) is 0 Å². The third-order valence-electron chi connectivity index (χ3n) is 4.02. The lowest BCUT2D eigenvalue weighted by Gasteiger charge is -2.21. The van der Waals surface area contributed by atoms with Crippen LogP contribution in [-0.4, -0.2) is 42.0 Å². The summed E-state index contributed by atoms with van der Waals surface area (Å²) in [5.74, 6) is 0.212. The van der Waals surface area contributed by atoms with Crippen molar-refractivity contribution in [2.24, 2.45) is 5.73 Å². The van der Waals surface area contributed by atoms with Gasteiger partial charge in [0.2, 0.25) is 5.91 Å². The molecule has 0 aliphatic carbocycles. The second-order valence-electron chi connectivity index (χ2n) is 5.58. The zero-order valence-electron chi connectivity index (χ0n) is 10.8. The zero-order valence-corrected chi connectivity index (χ0v) is 10.8. The maximum atomic E-state index is 11.8. The minimum atomic E-state index is 0.208. The van der Waals surface area contributed by atoms with Gasteiger partial charge in [-0.3, -0.25) is 9.69 Å². The largest absolute Gasteiger partial charge is 0.352 e. The van der Waals surface area contributed by atoms with Crippen molar-refractivity contribution < 1.29 is 4.79 Å². The number of nitrogens with zero attached hydrogens (tertiary/aromatic N) is 1. The average molecular weight is 239 g/mol. The topological polar surface area (TPSA) is 58.4 Å². The number of rotatable bonds is 5. The van der Waals surface area contributed by atoms with Crippen molar-refractivity contribution in [1.29, 1.82) is 0 Å². The standard InChI is InChI=1S/C13H25N3O/c1-10(14)4-2-6-13(17)15-11-7-9-16-8-3-5-12(11)16/h10-12H,2-9,14H2,1H3,(H,15,17). The van der Waals surface area contributed by atoms with Gasteiger partial charge in [-0.1, -0.05) is 0 Å². The van der Waals surface area contributed by atoms with Gasteiger partial charge in [-0.05, 0) is 45.6 Å². The van der Waals surface area contributed by atoms with Crippen LogP contribution in [0.3, 0.4) is 0 Å². The van der Waals surface area contributed by atoms with Crippen molar-refractivity contribution in [3.8, 4) is 0 Å². The van der Waals surface area contributed by atoms with E-state index in [2.05, 4.69) is 10.2 Å². The molecule has 1 amide bonds. The molecular weight excluding hydrogens is 214 g/mol. The fourth-order valence-corrected chi connectivity index (χ4v) is 3.11. The molecule has 17 heavy (non-hydrogen) atoms. The van der Waals surface area contributed by atoms with Crippen molar-refractivity contribution in [3.63, 3.8) is 0 Å². The summed E-state index contributed by atoms with van der Waals surface area (Å²) < 4.78 is 0. The highest BCUT2D eigenvalue weighted by Gasteiger charge is 2.37. The molecule has 4 nitrogen and oxygen atoms in total. The van der Waals surface area contributed by atoms with Crippen LogP contribution < -0.4 is 11.1 Å². The number of carbonyl (C=O) groups excluding carboxylic acids is 1. The van der Waals surface area contributed by atoms with Gasteiger partial charge in [0.05, 0.1) is 0 Å². The molecule has 0 aromatic rings. The summed E-state index contributed by atoms with van der Waals surface area (Å²) in [6.45, 7) is 4.38. The number of hydrogen-bond donors (Lipinski definition) is 2. The van der Waals surface area contributed by atoms with Crippen molar-refractivity contribution in [3.05, 3.63) is 0 Å². The van der Waals surface area contributed by atoms with E-state index in [1.165, 1.54) is 19.4 Å². The Hall–Kier alpha value is -0.610. The van der Waals surface area contributed by atoms with Crippen LogP contribution in [0.2, 0.25) is 0 Å². The highest BCUT2D eigenvalue weighted by Crippen LogP contribution is 2.27. The van der Waals surface area contributed by atoms with Gasteiger partial charge >= 0.3 is 0 Å². The summed E-state index contributed by atoms with van der Waals surface area (Å²) in [5, 5.41) is 3.20. The number of nitrogens with one attached hydrogen (secondary N) is 1. The molecule has 2 aliphatic rings. The van der Waals surface area contributed by atoms with Crippen LogP contribution in [0.1, 0.15) is 45.4 Å². The van der Waals surface area contributed by atoms with Gasteiger partial charge in [-0.25, -0.2) is 0 Å². The fraction of sp³-hybridized carbons (Fsp3) is 0.923. The Labute approximate surface area is 104 Å². The molecule has 2 saturated heterocycles. The summed E-state index contributed by atoms with van der Waals surface area (Å²) in [4.78, 5) is 14.3. The Kier molecular flexibility index (Phi) is 4.40. The second-order valence-corrected chi connectivity index (χ2v) is 5.58. The van der Waals surface area contributed by atoms with Crippen molar-refractivity contribution in [1.82, 2.24) is 10.2 Å². The van der Waals surface area contributed by atoms with Crippen LogP contribution in [0, 0.1) is 0 Å². The van der Waals surface area contributed by atoms with Crippen LogP contribution in [0.25, 0.3) is 0 Å². The minimum Gasteiger partial charge on any atom is -0.352 e. The van der Waals surface area contributed by atoms with Crippen LogP contribution in [0.15, 0.2) is 0 Å². The first-order valence-corrected chi connectivity index (χ1v) is 6.96. The molecule has 2 aliphatic heterocycles. The molecule has 4 heteroatoms. The van der Waals surface area contributed by atoms with Gasteiger partial charge in [0.1, 0.15) is 0 Å². The number of nitrogens with two attached hydrogens (primary N) is 1. The molecule has 0 spiro atoms. The number of carbonyl (C=O) groups is 1. The van der Waals surface area contributed by atoms with Crippen molar-refractivity contribution in [2.75, 3.05) is 13.1 Å². The van der Waals surface area contributed by atoms with Gasteiger partial charge in [-0.15, -0.1) is 0 Å². The molecule has 98 valence electrons. The molecule has 3 unspecified atom stereocenters. The smallest absolute Gasteiger partial charge is 0.220 e. The maximum Gasteiger partial charge on any atom is 0.220 e. The van der Waals surface area contributed by atoms with Crippen molar-refractivity contribution in [2.45, 2.75) is 63.6 Å². The predicted molar refractivity (Wildman–Crippen MR) is 68.6 cm³/mol. The highest BCUT2D eigenvalue weighted by atomic mass is 16.1. The second kappa shape index (κ2) is 5.83. The minimum absolute atomic E-state index is 0.208. The SMILES string of the molecule is CC(N)CCCC(=O)NC1CCN2CCCC12. The van der Waals surface area contributed by atoms with E-state index in [1.807, 2.05) is 6.92 Å². The monoisotopic (exact) mass is 239 g/mol. The molecule has 0 saturated carbocycles. The van der Waals surface area contributed by atoms with Crippen LogP contribution >= 0.6 is 0 Å². The number of fused-ring (bicyclic) bond motifs is 1. The van der Waals surface area contributed by atoms with E-state index in [1.54, 1.807) is 0 Å². The summed E-state index contributed by atoms with van der Waals surface area (Å²) in [6, 6.07) is 1.23. The van der Waals surface area contributed by atoms with Gasteiger partial charge < -0.3 is 11.1 Å². The van der Waals surface area contributed by atoms with E-state index in [4.69, 9.17) is 5.73 Å². The Morgan fingerprint density at radius 2 is 2.29 bits per heavy atom. The normalized spacial score (nSPS) is 30.2. The molecule has 3 atom stereocenters. The molecular formula is C13H25N3O. The molecule has 2 heterocycles. The first kappa shape index (κ1) is 12.8. The van der Waals surface area contributed by atoms with Gasteiger partial charge in [0.15, 0.2) is 0 Å². The maximum absolute atomic E-state index is 11.8. The van der Waals surface area contributed by atoms with E-state index >= 15 is 0 Å². The Bertz CT molecular complexity index is 267. The molecule has 0 aromatic carbocycles. The molecule has 3 N–H and O–H groups in total. The average Bonchev–Trinajstić information content (AvgIpc) is 2.82. The predicted octanol–water partition coefficient (Wildman–Crippen LogP) is 0.857. The van der Waals surface area contributed by atoms with Crippen LogP contribution in [0.5, 0.6) is 0 Å². The van der Waals surface area contributed by atoms with E-state index in [9.17, 15) is 4.79 Å². The molecule has 2 fully saturated rings. The summed E-state index contributed by atoms with van der Waals surface area (Å²) in [7, 11) is 0. The lowest BCUT2D eigenvalue weighted by molar-refractivity contribution is -0.122. The molecule has 0 bridgehead atoms. The van der Waals surface area contributed by atoms with Gasteiger partial charge in [0.25, 0.3) is 0 Å². The van der Waals surface area contributed by atoms with Crippen molar-refractivity contribution >= 4 is 5.91 Å².